The summed E-state index contributed by atoms with van der Waals surface area (Å²) in [6.45, 7) is 0. The maximum Gasteiger partial charge on any atom is 0.0452 e. The van der Waals surface area contributed by atoms with Crippen LogP contribution in [0.3, 0.4) is 0 Å². The van der Waals surface area contributed by atoms with Gasteiger partial charge in [0.1, 0.15) is 0 Å². The van der Waals surface area contributed by atoms with E-state index >= 15 is 0 Å². The Morgan fingerprint density at radius 1 is 1.00 bits per heavy atom. The quantitative estimate of drug-likeness (QED) is 0.661. The summed E-state index contributed by atoms with van der Waals surface area (Å²) in [7, 11) is 0. The molecule has 0 saturated heterocycles. The predicted molar refractivity (Wildman–Crippen MR) is 78.9 cm³/mol. The predicted octanol–water partition coefficient (Wildman–Crippen LogP) is 4.05. The Morgan fingerprint density at radius 2 is 1.83 bits per heavy atom. The minimum Gasteiger partial charge on any atom is -0.398 e. The van der Waals surface area contributed by atoms with Crippen molar-refractivity contribution >= 4 is 17.4 Å². The summed E-state index contributed by atoms with van der Waals surface area (Å²) < 4.78 is 0. The van der Waals surface area contributed by atoms with Crippen molar-refractivity contribution in [2.45, 2.75) is 29.9 Å². The summed E-state index contributed by atoms with van der Waals surface area (Å²) in [6.07, 6.45) is 3.83. The molecule has 1 aliphatic rings. The smallest absolute Gasteiger partial charge is 0.0452 e. The maximum absolute atomic E-state index is 5.95. The molecule has 0 amide bonds. The number of benzene rings is 2. The van der Waals surface area contributed by atoms with E-state index in [9.17, 15) is 0 Å². The van der Waals surface area contributed by atoms with Crippen LogP contribution >= 0.6 is 11.8 Å². The summed E-state index contributed by atoms with van der Waals surface area (Å²) in [5, 5.41) is 0. The van der Waals surface area contributed by atoms with Crippen molar-refractivity contribution in [3.63, 3.8) is 0 Å². The number of hydrogen-bond acceptors (Lipinski definition) is 2. The first-order chi connectivity index (χ1) is 8.83. The zero-order valence-corrected chi connectivity index (χ0v) is 11.2. The van der Waals surface area contributed by atoms with E-state index in [4.69, 9.17) is 5.73 Å². The monoisotopic (exact) mass is 255 g/mol. The lowest BCUT2D eigenvalue weighted by atomic mass is 10.1. The Morgan fingerprint density at radius 3 is 2.72 bits per heavy atom. The number of nitrogen functional groups attached to an aromatic ring is 1. The van der Waals surface area contributed by atoms with E-state index in [1.165, 1.54) is 29.7 Å². The van der Waals surface area contributed by atoms with Crippen molar-refractivity contribution in [1.82, 2.24) is 0 Å². The lowest BCUT2D eigenvalue weighted by Crippen LogP contribution is -1.89. The fourth-order valence-corrected chi connectivity index (χ4v) is 3.40. The topological polar surface area (TPSA) is 26.0 Å². The minimum absolute atomic E-state index is 0.878. The van der Waals surface area contributed by atoms with E-state index in [0.29, 0.717) is 0 Å². The van der Waals surface area contributed by atoms with Crippen LogP contribution in [0.25, 0.3) is 0 Å². The first-order valence-corrected chi connectivity index (χ1v) is 7.39. The van der Waals surface area contributed by atoms with Crippen molar-refractivity contribution in [2.24, 2.45) is 0 Å². The number of thioether (sulfide) groups is 1. The van der Waals surface area contributed by atoms with Crippen LogP contribution in [-0.2, 0) is 18.6 Å². The molecule has 0 atom stereocenters. The van der Waals surface area contributed by atoms with Crippen LogP contribution in [0.5, 0.6) is 0 Å². The van der Waals surface area contributed by atoms with Crippen LogP contribution in [0.4, 0.5) is 5.69 Å². The molecule has 0 saturated carbocycles. The van der Waals surface area contributed by atoms with Gasteiger partial charge in [0.25, 0.3) is 0 Å². The van der Waals surface area contributed by atoms with Crippen molar-refractivity contribution in [1.29, 1.82) is 0 Å². The molecule has 18 heavy (non-hydrogen) atoms. The van der Waals surface area contributed by atoms with Gasteiger partial charge < -0.3 is 5.73 Å². The summed E-state index contributed by atoms with van der Waals surface area (Å²) in [4.78, 5) is 1.18. The molecule has 0 unspecified atom stereocenters. The third-order valence-corrected chi connectivity index (χ3v) is 4.64. The molecule has 1 nitrogen and oxygen atoms in total. The molecule has 92 valence electrons. The number of anilines is 1. The second-order valence-corrected chi connectivity index (χ2v) is 5.80. The van der Waals surface area contributed by atoms with Gasteiger partial charge >= 0.3 is 0 Å². The summed E-state index contributed by atoms with van der Waals surface area (Å²) in [6, 6.07) is 15.0. The number of rotatable bonds is 3. The van der Waals surface area contributed by atoms with E-state index in [0.717, 1.165) is 11.4 Å². The summed E-state index contributed by atoms with van der Waals surface area (Å²) in [5.41, 5.74) is 11.3. The zero-order valence-electron chi connectivity index (χ0n) is 10.4. The minimum atomic E-state index is 0.878. The van der Waals surface area contributed by atoms with Gasteiger partial charge in [-0.25, -0.2) is 0 Å². The molecule has 3 rings (SSSR count). The Bertz CT molecular complexity index is 563. The highest BCUT2D eigenvalue weighted by Crippen LogP contribution is 2.29. The van der Waals surface area contributed by atoms with Gasteiger partial charge in [0, 0.05) is 16.3 Å². The van der Waals surface area contributed by atoms with Crippen LogP contribution in [-0.4, -0.2) is 0 Å². The van der Waals surface area contributed by atoms with Crippen molar-refractivity contribution in [2.75, 3.05) is 5.73 Å². The maximum atomic E-state index is 5.95. The number of aryl methyl sites for hydroxylation is 2. The molecule has 0 heterocycles. The van der Waals surface area contributed by atoms with Gasteiger partial charge in [0.05, 0.1) is 0 Å². The highest BCUT2D eigenvalue weighted by atomic mass is 32.2. The second-order valence-electron chi connectivity index (χ2n) is 4.78. The van der Waals surface area contributed by atoms with Crippen molar-refractivity contribution < 1.29 is 0 Å². The van der Waals surface area contributed by atoms with Gasteiger partial charge in [-0.05, 0) is 48.1 Å². The Labute approximate surface area is 112 Å². The number of para-hydroxylation sites is 1. The lowest BCUT2D eigenvalue weighted by molar-refractivity contribution is 0.911. The molecular weight excluding hydrogens is 238 g/mol. The van der Waals surface area contributed by atoms with Gasteiger partial charge in [0.2, 0.25) is 0 Å². The Hall–Kier alpha value is -1.41. The summed E-state index contributed by atoms with van der Waals surface area (Å²) in [5.74, 6) is 1.00. The first-order valence-electron chi connectivity index (χ1n) is 6.41. The third kappa shape index (κ3) is 2.39. The van der Waals surface area contributed by atoms with E-state index in [1.54, 1.807) is 11.1 Å². The van der Waals surface area contributed by atoms with E-state index in [2.05, 4.69) is 24.3 Å². The number of hydrogen-bond donors (Lipinski definition) is 1. The molecule has 1 aliphatic carbocycles. The molecule has 2 aromatic rings. The van der Waals surface area contributed by atoms with E-state index < -0.39 is 0 Å². The van der Waals surface area contributed by atoms with Gasteiger partial charge in [-0.2, -0.15) is 0 Å². The van der Waals surface area contributed by atoms with Gasteiger partial charge in [-0.1, -0.05) is 30.3 Å². The van der Waals surface area contributed by atoms with Crippen molar-refractivity contribution in [3.05, 3.63) is 59.2 Å². The van der Waals surface area contributed by atoms with Gasteiger partial charge in [-0.15, -0.1) is 11.8 Å². The highest BCUT2D eigenvalue weighted by molar-refractivity contribution is 7.98. The Kier molecular flexibility index (Phi) is 3.28. The van der Waals surface area contributed by atoms with Crippen LogP contribution in [0.15, 0.2) is 47.4 Å². The van der Waals surface area contributed by atoms with Crippen LogP contribution in [0.1, 0.15) is 23.1 Å². The highest BCUT2D eigenvalue weighted by Gasteiger charge is 2.10. The molecule has 2 aromatic carbocycles. The second kappa shape index (κ2) is 5.07. The molecule has 2 N–H and O–H groups in total. The van der Waals surface area contributed by atoms with E-state index in [-0.39, 0.29) is 0 Å². The summed E-state index contributed by atoms with van der Waals surface area (Å²) >= 11 is 1.82. The van der Waals surface area contributed by atoms with Crippen LogP contribution < -0.4 is 5.73 Å². The SMILES string of the molecule is Nc1ccccc1SCc1ccc2c(c1)CCC2. The molecule has 0 aromatic heterocycles. The van der Waals surface area contributed by atoms with Gasteiger partial charge in [0.15, 0.2) is 0 Å². The molecule has 0 radical (unpaired) electrons. The fourth-order valence-electron chi connectivity index (χ4n) is 2.49. The molecule has 0 aliphatic heterocycles. The fraction of sp³-hybridized carbons (Fsp3) is 0.250. The van der Waals surface area contributed by atoms with Crippen LogP contribution in [0, 0.1) is 0 Å². The first kappa shape index (κ1) is 11.7. The standard InChI is InChI=1S/C16H17NS/c17-15-6-1-2-7-16(15)18-11-12-8-9-13-4-3-5-14(13)10-12/h1-2,6-10H,3-5,11,17H2. The van der Waals surface area contributed by atoms with Crippen molar-refractivity contribution in [3.8, 4) is 0 Å². The van der Waals surface area contributed by atoms with Crippen LogP contribution in [0.2, 0.25) is 0 Å². The lowest BCUT2D eigenvalue weighted by Gasteiger charge is -2.07. The average molecular weight is 255 g/mol. The molecule has 0 bridgehead atoms. The third-order valence-electron chi connectivity index (χ3n) is 3.48. The normalized spacial score (nSPS) is 13.6. The zero-order chi connectivity index (χ0) is 12.4. The largest absolute Gasteiger partial charge is 0.398 e. The van der Waals surface area contributed by atoms with Gasteiger partial charge in [-0.3, -0.25) is 0 Å². The Balaban J connectivity index is 1.72. The molecule has 0 fully saturated rings. The molecular formula is C16H17NS. The number of nitrogens with two attached hydrogens (primary N) is 1. The van der Waals surface area contributed by atoms with E-state index in [1.807, 2.05) is 30.0 Å². The molecule has 0 spiro atoms. The number of fused-ring (bicyclic) bond motifs is 1. The molecule has 2 heteroatoms. The average Bonchev–Trinajstić information content (AvgIpc) is 2.85.